The molecule has 1 N–H and O–H groups in total. The van der Waals surface area contributed by atoms with Gasteiger partial charge in [-0.3, -0.25) is 9.59 Å². The lowest BCUT2D eigenvalue weighted by atomic mass is 10.1. The first-order chi connectivity index (χ1) is 15.2. The van der Waals surface area contributed by atoms with E-state index in [1.165, 1.54) is 19.3 Å². The van der Waals surface area contributed by atoms with Crippen LogP contribution in [-0.2, 0) is 6.54 Å². The highest BCUT2D eigenvalue weighted by Crippen LogP contribution is 2.19. The van der Waals surface area contributed by atoms with Crippen LogP contribution < -0.4 is 10.9 Å². The molecule has 0 bridgehead atoms. The third-order valence-electron chi connectivity index (χ3n) is 5.88. The molecule has 3 aromatic rings. The summed E-state index contributed by atoms with van der Waals surface area (Å²) in [5, 5.41) is 3.00. The number of hydrogen-bond donors (Lipinski definition) is 1. The van der Waals surface area contributed by atoms with Gasteiger partial charge in [0.25, 0.3) is 11.5 Å². The molecule has 1 amide bonds. The number of rotatable bonds is 7. The Hall–Kier alpha value is -2.99. The summed E-state index contributed by atoms with van der Waals surface area (Å²) in [7, 11) is 0. The van der Waals surface area contributed by atoms with Crippen LogP contribution in [0.3, 0.4) is 0 Å². The van der Waals surface area contributed by atoms with Crippen LogP contribution in [0.15, 0.2) is 53.3 Å². The summed E-state index contributed by atoms with van der Waals surface area (Å²) < 4.78 is 1.79. The van der Waals surface area contributed by atoms with Crippen LogP contribution in [0.5, 0.6) is 0 Å². The number of carbonyl (C=O) groups is 1. The molecule has 6 heteroatoms. The summed E-state index contributed by atoms with van der Waals surface area (Å²) in [6.45, 7) is 6.49. The summed E-state index contributed by atoms with van der Waals surface area (Å²) in [4.78, 5) is 32.6. The second-order valence-corrected chi connectivity index (χ2v) is 8.14. The minimum absolute atomic E-state index is 0.0848. The lowest BCUT2D eigenvalue weighted by Gasteiger charge is -2.26. The van der Waals surface area contributed by atoms with E-state index in [2.05, 4.69) is 22.1 Å². The second kappa shape index (κ2) is 9.88. The van der Waals surface area contributed by atoms with E-state index in [-0.39, 0.29) is 11.5 Å². The number of aromatic nitrogens is 2. The van der Waals surface area contributed by atoms with Crippen LogP contribution in [0.1, 0.15) is 43.0 Å². The van der Waals surface area contributed by atoms with Gasteiger partial charge in [-0.15, -0.1) is 0 Å². The number of para-hydroxylation sites is 2. The molecule has 0 radical (unpaired) electrons. The van der Waals surface area contributed by atoms with Gasteiger partial charge in [-0.05, 0) is 56.6 Å². The number of likely N-dealkylation sites (tertiary alicyclic amines) is 1. The van der Waals surface area contributed by atoms with Crippen molar-refractivity contribution in [2.24, 2.45) is 0 Å². The molecule has 0 spiro atoms. The predicted molar refractivity (Wildman–Crippen MR) is 124 cm³/mol. The molecule has 0 unspecified atom stereocenters. The van der Waals surface area contributed by atoms with Crippen molar-refractivity contribution in [2.45, 2.75) is 39.2 Å². The Bertz CT molecular complexity index is 1100. The number of carbonyl (C=O) groups excluding carboxylic acids is 1. The van der Waals surface area contributed by atoms with Crippen molar-refractivity contribution in [3.63, 3.8) is 0 Å². The molecule has 6 nitrogen and oxygen atoms in total. The van der Waals surface area contributed by atoms with Crippen molar-refractivity contribution in [1.82, 2.24) is 19.8 Å². The van der Waals surface area contributed by atoms with Crippen LogP contribution in [0, 0.1) is 0 Å². The smallest absolute Gasteiger partial charge is 0.277 e. The van der Waals surface area contributed by atoms with Crippen molar-refractivity contribution in [2.75, 3.05) is 26.2 Å². The fourth-order valence-electron chi connectivity index (χ4n) is 4.22. The summed E-state index contributed by atoms with van der Waals surface area (Å²) in [5.74, 6) is -0.0848. The zero-order valence-electron chi connectivity index (χ0n) is 18.1. The molecule has 1 aliphatic heterocycles. The van der Waals surface area contributed by atoms with Crippen LogP contribution in [0.25, 0.3) is 22.3 Å². The van der Waals surface area contributed by atoms with E-state index in [0.29, 0.717) is 24.3 Å². The highest BCUT2D eigenvalue weighted by Gasteiger charge is 2.14. The SMILES string of the molecule is CCCn1c(=O)c(-c2ccc(C(=O)NCCN3CCCCC3)cc2)nc2ccccc21. The predicted octanol–water partition coefficient (Wildman–Crippen LogP) is 3.69. The number of nitrogens with one attached hydrogen (secondary N) is 1. The Kier molecular flexibility index (Phi) is 6.77. The third-order valence-corrected chi connectivity index (χ3v) is 5.88. The Morgan fingerprint density at radius 2 is 1.74 bits per heavy atom. The van der Waals surface area contributed by atoms with Crippen LogP contribution in [-0.4, -0.2) is 46.5 Å². The zero-order chi connectivity index (χ0) is 21.6. The first-order valence-corrected chi connectivity index (χ1v) is 11.3. The maximum absolute atomic E-state index is 13.1. The number of benzene rings is 2. The fourth-order valence-corrected chi connectivity index (χ4v) is 4.22. The first-order valence-electron chi connectivity index (χ1n) is 11.3. The molecule has 1 aliphatic rings. The number of fused-ring (bicyclic) bond motifs is 1. The van der Waals surface area contributed by atoms with E-state index in [9.17, 15) is 9.59 Å². The van der Waals surface area contributed by atoms with Crippen molar-refractivity contribution in [3.05, 3.63) is 64.4 Å². The zero-order valence-corrected chi connectivity index (χ0v) is 18.1. The maximum Gasteiger partial charge on any atom is 0.277 e. The molecule has 31 heavy (non-hydrogen) atoms. The molecule has 2 heterocycles. The molecular weight excluding hydrogens is 388 g/mol. The largest absolute Gasteiger partial charge is 0.351 e. The summed E-state index contributed by atoms with van der Waals surface area (Å²) in [5.41, 5.74) is 3.29. The van der Waals surface area contributed by atoms with Gasteiger partial charge in [-0.1, -0.05) is 37.6 Å². The molecule has 0 saturated carbocycles. The van der Waals surface area contributed by atoms with Gasteiger partial charge in [0.15, 0.2) is 0 Å². The quantitative estimate of drug-likeness (QED) is 0.635. The first kappa shape index (κ1) is 21.2. The minimum atomic E-state index is -0.0979. The van der Waals surface area contributed by atoms with E-state index in [4.69, 9.17) is 0 Å². The number of amides is 1. The summed E-state index contributed by atoms with van der Waals surface area (Å²) in [6, 6.07) is 14.9. The van der Waals surface area contributed by atoms with E-state index < -0.39 is 0 Å². The van der Waals surface area contributed by atoms with Crippen molar-refractivity contribution in [3.8, 4) is 11.3 Å². The summed E-state index contributed by atoms with van der Waals surface area (Å²) in [6.07, 6.45) is 4.67. The molecular formula is C25H30N4O2. The highest BCUT2D eigenvalue weighted by atomic mass is 16.1. The van der Waals surface area contributed by atoms with Gasteiger partial charge >= 0.3 is 0 Å². The molecule has 2 aromatic carbocycles. The maximum atomic E-state index is 13.1. The average Bonchev–Trinajstić information content (AvgIpc) is 2.81. The Balaban J connectivity index is 1.50. The Morgan fingerprint density at radius 1 is 1.00 bits per heavy atom. The number of hydrogen-bond acceptors (Lipinski definition) is 4. The van der Waals surface area contributed by atoms with Gasteiger partial charge in [0.2, 0.25) is 0 Å². The molecule has 1 fully saturated rings. The number of nitrogens with zero attached hydrogens (tertiary/aromatic N) is 3. The average molecular weight is 419 g/mol. The van der Waals surface area contributed by atoms with Gasteiger partial charge in [0, 0.05) is 30.8 Å². The molecule has 0 atom stereocenters. The standard InChI is InChI=1S/C25H30N4O2/c1-2-15-29-22-9-5-4-8-21(22)27-23(25(29)31)19-10-12-20(13-11-19)24(30)26-14-18-28-16-6-3-7-17-28/h4-5,8-13H,2-3,6-7,14-18H2,1H3,(H,26,30). The topological polar surface area (TPSA) is 67.2 Å². The molecule has 162 valence electrons. The van der Waals surface area contributed by atoms with E-state index >= 15 is 0 Å². The van der Waals surface area contributed by atoms with Gasteiger partial charge in [-0.2, -0.15) is 0 Å². The van der Waals surface area contributed by atoms with Gasteiger partial charge in [0.1, 0.15) is 5.69 Å². The lowest BCUT2D eigenvalue weighted by Crippen LogP contribution is -2.37. The lowest BCUT2D eigenvalue weighted by molar-refractivity contribution is 0.0946. The number of aryl methyl sites for hydroxylation is 1. The van der Waals surface area contributed by atoms with Crippen molar-refractivity contribution < 1.29 is 4.79 Å². The summed E-state index contributed by atoms with van der Waals surface area (Å²) >= 11 is 0. The molecule has 1 saturated heterocycles. The van der Waals surface area contributed by atoms with Crippen molar-refractivity contribution >= 4 is 16.9 Å². The molecule has 0 aliphatic carbocycles. The van der Waals surface area contributed by atoms with E-state index in [1.54, 1.807) is 16.7 Å². The van der Waals surface area contributed by atoms with Gasteiger partial charge in [-0.25, -0.2) is 4.98 Å². The third kappa shape index (κ3) is 4.85. The minimum Gasteiger partial charge on any atom is -0.351 e. The van der Waals surface area contributed by atoms with Gasteiger partial charge < -0.3 is 14.8 Å². The van der Waals surface area contributed by atoms with Crippen LogP contribution in [0.2, 0.25) is 0 Å². The highest BCUT2D eigenvalue weighted by molar-refractivity contribution is 5.94. The van der Waals surface area contributed by atoms with E-state index in [1.807, 2.05) is 36.4 Å². The molecule has 4 rings (SSSR count). The number of piperidine rings is 1. The Morgan fingerprint density at radius 3 is 2.48 bits per heavy atom. The Labute approximate surface area is 182 Å². The van der Waals surface area contributed by atoms with Gasteiger partial charge in [0.05, 0.1) is 11.0 Å². The molecule has 1 aromatic heterocycles. The monoisotopic (exact) mass is 418 g/mol. The second-order valence-electron chi connectivity index (χ2n) is 8.14. The van der Waals surface area contributed by atoms with Crippen molar-refractivity contribution in [1.29, 1.82) is 0 Å². The van der Waals surface area contributed by atoms with E-state index in [0.717, 1.165) is 42.7 Å². The van der Waals surface area contributed by atoms with Crippen LogP contribution in [0.4, 0.5) is 0 Å². The van der Waals surface area contributed by atoms with Crippen LogP contribution >= 0.6 is 0 Å². The fraction of sp³-hybridized carbons (Fsp3) is 0.400. The normalized spacial score (nSPS) is 14.6.